The number of carbonyl (C=O) groups is 2. The lowest BCUT2D eigenvalue weighted by Crippen LogP contribution is -2.30. The summed E-state index contributed by atoms with van der Waals surface area (Å²) in [6, 6.07) is 5.96. The van der Waals surface area contributed by atoms with Crippen LogP contribution in [0.15, 0.2) is 24.3 Å². The molecule has 0 N–H and O–H groups in total. The molecular formula is C11H10N2O5. The van der Waals surface area contributed by atoms with E-state index in [9.17, 15) is 19.7 Å². The number of nitrogens with zero attached hydrogens (tertiary/aromatic N) is 2. The highest BCUT2D eigenvalue weighted by Crippen LogP contribution is 2.22. The number of ether oxygens (including phenoxy) is 1. The number of benzene rings is 1. The SMILES string of the molecule is CC1OC(=O)N(Cc2ccccc2[N+](=O)[O-])C1=O. The zero-order chi connectivity index (χ0) is 13.3. The van der Waals surface area contributed by atoms with Gasteiger partial charge in [0.15, 0.2) is 6.10 Å². The van der Waals surface area contributed by atoms with Gasteiger partial charge in [0, 0.05) is 11.6 Å². The summed E-state index contributed by atoms with van der Waals surface area (Å²) in [7, 11) is 0. The standard InChI is InChI=1S/C11H10N2O5/c1-7-10(14)12(11(15)18-7)6-8-4-2-3-5-9(8)13(16)17/h2-5,7H,6H2,1H3. The van der Waals surface area contributed by atoms with Crippen LogP contribution < -0.4 is 0 Å². The average Bonchev–Trinajstić information content (AvgIpc) is 2.56. The molecule has 0 aliphatic carbocycles. The van der Waals surface area contributed by atoms with Gasteiger partial charge in [-0.15, -0.1) is 0 Å². The van der Waals surface area contributed by atoms with E-state index < -0.39 is 23.0 Å². The lowest BCUT2D eigenvalue weighted by Gasteiger charge is -2.10. The Morgan fingerprint density at radius 2 is 2.06 bits per heavy atom. The molecule has 1 unspecified atom stereocenters. The molecule has 1 aromatic rings. The minimum absolute atomic E-state index is 0.127. The fraction of sp³-hybridized carbons (Fsp3) is 0.273. The molecule has 2 rings (SSSR count). The Morgan fingerprint density at radius 1 is 1.39 bits per heavy atom. The first-order chi connectivity index (χ1) is 8.50. The molecule has 94 valence electrons. The smallest absolute Gasteiger partial charge is 0.417 e. The third kappa shape index (κ3) is 2.02. The predicted octanol–water partition coefficient (Wildman–Crippen LogP) is 1.46. The van der Waals surface area contributed by atoms with Gasteiger partial charge in [-0.05, 0) is 6.92 Å². The van der Waals surface area contributed by atoms with Gasteiger partial charge in [0.25, 0.3) is 11.6 Å². The first-order valence-electron chi connectivity index (χ1n) is 5.25. The number of hydrogen-bond donors (Lipinski definition) is 0. The van der Waals surface area contributed by atoms with Crippen LogP contribution in [0, 0.1) is 10.1 Å². The van der Waals surface area contributed by atoms with Crippen LogP contribution in [-0.2, 0) is 16.1 Å². The summed E-state index contributed by atoms with van der Waals surface area (Å²) in [5.41, 5.74) is 0.166. The summed E-state index contributed by atoms with van der Waals surface area (Å²) >= 11 is 0. The van der Waals surface area contributed by atoms with Crippen LogP contribution in [0.4, 0.5) is 10.5 Å². The van der Waals surface area contributed by atoms with Gasteiger partial charge in [-0.3, -0.25) is 14.9 Å². The summed E-state index contributed by atoms with van der Waals surface area (Å²) in [5, 5.41) is 10.8. The quantitative estimate of drug-likeness (QED) is 0.598. The summed E-state index contributed by atoms with van der Waals surface area (Å²) in [4.78, 5) is 34.1. The third-order valence-electron chi connectivity index (χ3n) is 2.63. The van der Waals surface area contributed by atoms with E-state index in [1.807, 2.05) is 0 Å². The number of hydrogen-bond acceptors (Lipinski definition) is 5. The number of nitro benzene ring substituents is 1. The molecule has 1 atom stereocenters. The van der Waals surface area contributed by atoms with Gasteiger partial charge in [-0.1, -0.05) is 18.2 Å². The molecule has 0 aromatic heterocycles. The van der Waals surface area contributed by atoms with E-state index in [0.717, 1.165) is 4.90 Å². The molecule has 1 fully saturated rings. The minimum Gasteiger partial charge on any atom is -0.436 e. The first-order valence-corrected chi connectivity index (χ1v) is 5.25. The highest BCUT2D eigenvalue weighted by molar-refractivity contribution is 5.99. The first kappa shape index (κ1) is 12.0. The molecule has 0 spiro atoms. The van der Waals surface area contributed by atoms with Crippen molar-refractivity contribution in [3.8, 4) is 0 Å². The van der Waals surface area contributed by atoms with Gasteiger partial charge < -0.3 is 4.74 Å². The van der Waals surface area contributed by atoms with Crippen molar-refractivity contribution in [2.24, 2.45) is 0 Å². The summed E-state index contributed by atoms with van der Waals surface area (Å²) in [5.74, 6) is -0.488. The van der Waals surface area contributed by atoms with E-state index in [4.69, 9.17) is 4.74 Å². The van der Waals surface area contributed by atoms with Crippen LogP contribution in [-0.4, -0.2) is 27.9 Å². The van der Waals surface area contributed by atoms with Gasteiger partial charge in [0.2, 0.25) is 0 Å². The molecule has 18 heavy (non-hydrogen) atoms. The third-order valence-corrected chi connectivity index (χ3v) is 2.63. The molecule has 1 heterocycles. The highest BCUT2D eigenvalue weighted by atomic mass is 16.6. The zero-order valence-corrected chi connectivity index (χ0v) is 9.53. The number of nitro groups is 1. The van der Waals surface area contributed by atoms with E-state index >= 15 is 0 Å². The second-order valence-corrected chi connectivity index (χ2v) is 3.84. The Hall–Kier alpha value is -2.44. The Bertz CT molecular complexity index is 528. The van der Waals surface area contributed by atoms with Crippen molar-refractivity contribution < 1.29 is 19.2 Å². The molecule has 7 nitrogen and oxygen atoms in total. The molecule has 0 bridgehead atoms. The Kier molecular flexibility index (Phi) is 2.97. The van der Waals surface area contributed by atoms with Crippen molar-refractivity contribution in [2.45, 2.75) is 19.6 Å². The van der Waals surface area contributed by atoms with Crippen LogP contribution >= 0.6 is 0 Å². The van der Waals surface area contributed by atoms with Gasteiger partial charge in [-0.2, -0.15) is 0 Å². The Balaban J connectivity index is 2.27. The van der Waals surface area contributed by atoms with Crippen molar-refractivity contribution in [2.75, 3.05) is 0 Å². The zero-order valence-electron chi connectivity index (χ0n) is 9.53. The average molecular weight is 250 g/mol. The Labute approximate surface area is 102 Å². The molecule has 0 radical (unpaired) electrons. The van der Waals surface area contributed by atoms with E-state index in [0.29, 0.717) is 5.56 Å². The maximum Gasteiger partial charge on any atom is 0.417 e. The minimum atomic E-state index is -0.833. The van der Waals surface area contributed by atoms with Crippen LogP contribution in [0.25, 0.3) is 0 Å². The van der Waals surface area contributed by atoms with Crippen LogP contribution in [0.3, 0.4) is 0 Å². The second-order valence-electron chi connectivity index (χ2n) is 3.84. The van der Waals surface area contributed by atoms with Crippen molar-refractivity contribution in [3.05, 3.63) is 39.9 Å². The maximum absolute atomic E-state index is 11.6. The van der Waals surface area contributed by atoms with Crippen LogP contribution in [0.2, 0.25) is 0 Å². The fourth-order valence-electron chi connectivity index (χ4n) is 1.71. The predicted molar refractivity (Wildman–Crippen MR) is 59.6 cm³/mol. The van der Waals surface area contributed by atoms with E-state index in [-0.39, 0.29) is 12.2 Å². The molecule has 1 saturated heterocycles. The van der Waals surface area contributed by atoms with E-state index in [1.54, 1.807) is 6.07 Å². The number of carbonyl (C=O) groups excluding carboxylic acids is 2. The number of rotatable bonds is 3. The highest BCUT2D eigenvalue weighted by Gasteiger charge is 2.38. The normalized spacial score (nSPS) is 18.9. The number of amides is 2. The fourth-order valence-corrected chi connectivity index (χ4v) is 1.71. The van der Waals surface area contributed by atoms with Gasteiger partial charge in [0.05, 0.1) is 11.5 Å². The lowest BCUT2D eigenvalue weighted by atomic mass is 10.1. The number of imide groups is 1. The summed E-state index contributed by atoms with van der Waals surface area (Å²) in [6.07, 6.45) is -1.61. The van der Waals surface area contributed by atoms with Gasteiger partial charge in [0.1, 0.15) is 0 Å². The van der Waals surface area contributed by atoms with Crippen molar-refractivity contribution >= 4 is 17.7 Å². The largest absolute Gasteiger partial charge is 0.436 e. The molecule has 7 heteroatoms. The summed E-state index contributed by atoms with van der Waals surface area (Å²) in [6.45, 7) is 1.30. The van der Waals surface area contributed by atoms with Gasteiger partial charge in [-0.25, -0.2) is 9.69 Å². The molecular weight excluding hydrogens is 240 g/mol. The molecule has 1 aromatic carbocycles. The van der Waals surface area contributed by atoms with Crippen molar-refractivity contribution in [3.63, 3.8) is 0 Å². The summed E-state index contributed by atoms with van der Waals surface area (Å²) < 4.78 is 4.73. The topological polar surface area (TPSA) is 89.8 Å². The van der Waals surface area contributed by atoms with Crippen LogP contribution in [0.5, 0.6) is 0 Å². The number of cyclic esters (lactones) is 1. The van der Waals surface area contributed by atoms with Crippen molar-refractivity contribution in [1.29, 1.82) is 0 Å². The molecule has 2 amide bonds. The molecule has 1 aliphatic heterocycles. The second kappa shape index (κ2) is 4.44. The number of para-hydroxylation sites is 1. The molecule has 0 saturated carbocycles. The van der Waals surface area contributed by atoms with Crippen LogP contribution in [0.1, 0.15) is 12.5 Å². The monoisotopic (exact) mass is 250 g/mol. The lowest BCUT2D eigenvalue weighted by molar-refractivity contribution is -0.385. The maximum atomic E-state index is 11.6. The van der Waals surface area contributed by atoms with Crippen molar-refractivity contribution in [1.82, 2.24) is 4.90 Å². The molecule has 1 aliphatic rings. The van der Waals surface area contributed by atoms with Gasteiger partial charge >= 0.3 is 6.09 Å². The van der Waals surface area contributed by atoms with E-state index in [1.165, 1.54) is 25.1 Å². The Morgan fingerprint density at radius 3 is 2.61 bits per heavy atom. The van der Waals surface area contributed by atoms with E-state index in [2.05, 4.69) is 0 Å².